The van der Waals surface area contributed by atoms with E-state index < -0.39 is 0 Å². The number of anilines is 1. The summed E-state index contributed by atoms with van der Waals surface area (Å²) in [7, 11) is 3.88. The van der Waals surface area contributed by atoms with Crippen LogP contribution in [0.4, 0.5) is 5.82 Å². The van der Waals surface area contributed by atoms with Crippen molar-refractivity contribution in [1.29, 1.82) is 0 Å². The molecule has 7 nitrogen and oxygen atoms in total. The van der Waals surface area contributed by atoms with Gasteiger partial charge in [0.25, 0.3) is 5.91 Å². The van der Waals surface area contributed by atoms with Gasteiger partial charge in [0.2, 0.25) is 0 Å². The van der Waals surface area contributed by atoms with E-state index >= 15 is 0 Å². The molecule has 0 saturated carbocycles. The third-order valence-electron chi connectivity index (χ3n) is 4.99. The number of aromatic nitrogens is 4. The zero-order valence-corrected chi connectivity index (χ0v) is 17.3. The summed E-state index contributed by atoms with van der Waals surface area (Å²) in [4.78, 5) is 31.3. The summed E-state index contributed by atoms with van der Waals surface area (Å²) in [5.74, 6) is 1.28. The maximum absolute atomic E-state index is 12.9. The largest absolute Gasteiger partial charge is 0.363 e. The molecule has 30 heavy (non-hydrogen) atoms. The number of H-pyrrole nitrogens is 1. The number of fused-ring (bicyclic) bond motifs is 1. The van der Waals surface area contributed by atoms with Crippen LogP contribution in [0.25, 0.3) is 10.9 Å². The minimum absolute atomic E-state index is 0.185. The predicted molar refractivity (Wildman–Crippen MR) is 118 cm³/mol. The van der Waals surface area contributed by atoms with Crippen molar-refractivity contribution in [2.75, 3.05) is 19.0 Å². The Labute approximate surface area is 175 Å². The first-order chi connectivity index (χ1) is 14.5. The molecule has 0 bridgehead atoms. The second-order valence-corrected chi connectivity index (χ2v) is 7.42. The summed E-state index contributed by atoms with van der Waals surface area (Å²) in [6, 6.07) is 13.2. The van der Waals surface area contributed by atoms with Crippen molar-refractivity contribution in [1.82, 2.24) is 25.3 Å². The number of rotatable bonds is 6. The molecule has 2 N–H and O–H groups in total. The Morgan fingerprint density at radius 1 is 1.17 bits per heavy atom. The van der Waals surface area contributed by atoms with E-state index in [9.17, 15) is 4.79 Å². The average Bonchev–Trinajstić information content (AvgIpc) is 3.16. The highest BCUT2D eigenvalue weighted by Crippen LogP contribution is 2.25. The molecule has 3 heterocycles. The predicted octanol–water partition coefficient (Wildman–Crippen LogP) is 3.44. The van der Waals surface area contributed by atoms with Crippen molar-refractivity contribution in [2.45, 2.75) is 19.4 Å². The molecule has 0 saturated heterocycles. The zero-order chi connectivity index (χ0) is 21.1. The van der Waals surface area contributed by atoms with Crippen LogP contribution in [0, 0.1) is 6.92 Å². The van der Waals surface area contributed by atoms with Gasteiger partial charge in [-0.05, 0) is 30.7 Å². The molecule has 3 aromatic heterocycles. The summed E-state index contributed by atoms with van der Waals surface area (Å²) in [5, 5.41) is 4.28. The van der Waals surface area contributed by atoms with E-state index in [0.29, 0.717) is 17.8 Å². The monoisotopic (exact) mass is 400 g/mol. The lowest BCUT2D eigenvalue weighted by Crippen LogP contribution is -2.31. The van der Waals surface area contributed by atoms with Crippen LogP contribution < -0.4 is 10.2 Å². The molecule has 0 aliphatic heterocycles. The van der Waals surface area contributed by atoms with Gasteiger partial charge < -0.3 is 15.2 Å². The molecule has 0 fully saturated rings. The van der Waals surface area contributed by atoms with Gasteiger partial charge in [-0.1, -0.05) is 18.2 Å². The van der Waals surface area contributed by atoms with E-state index in [1.807, 2.05) is 56.4 Å². The number of carbonyl (C=O) groups excluding carboxylic acids is 1. The number of hydrogen-bond acceptors (Lipinski definition) is 5. The highest BCUT2D eigenvalue weighted by molar-refractivity contribution is 5.94. The number of pyridine rings is 1. The summed E-state index contributed by atoms with van der Waals surface area (Å²) in [5.41, 5.74) is 3.47. The van der Waals surface area contributed by atoms with E-state index in [1.54, 1.807) is 24.5 Å². The fraction of sp³-hybridized carbons (Fsp3) is 0.217. The molecule has 0 spiro atoms. The number of hydrogen-bond donors (Lipinski definition) is 2. The molecule has 152 valence electrons. The van der Waals surface area contributed by atoms with Gasteiger partial charge >= 0.3 is 0 Å². The first-order valence-electron chi connectivity index (χ1n) is 9.80. The number of aromatic amines is 1. The van der Waals surface area contributed by atoms with Crippen LogP contribution in [-0.2, 0) is 6.42 Å². The van der Waals surface area contributed by atoms with Crippen molar-refractivity contribution in [3.8, 4) is 0 Å². The SMILES string of the molecule is Cc1nc(C(Cc2c[nH]c3ccccc23)NC(=O)c2cccnc2)cc(N(C)C)n1. The number of nitrogens with zero attached hydrogens (tertiary/aromatic N) is 4. The Bertz CT molecular complexity index is 1170. The Morgan fingerprint density at radius 2 is 2.00 bits per heavy atom. The molecular weight excluding hydrogens is 376 g/mol. The van der Waals surface area contributed by atoms with Gasteiger partial charge in [0.1, 0.15) is 11.6 Å². The number of nitrogens with one attached hydrogen (secondary N) is 2. The quantitative estimate of drug-likeness (QED) is 0.518. The second-order valence-electron chi connectivity index (χ2n) is 7.42. The van der Waals surface area contributed by atoms with E-state index in [-0.39, 0.29) is 11.9 Å². The van der Waals surface area contributed by atoms with Gasteiger partial charge in [-0.3, -0.25) is 9.78 Å². The molecule has 1 amide bonds. The van der Waals surface area contributed by atoms with Crippen LogP contribution in [0.3, 0.4) is 0 Å². The van der Waals surface area contributed by atoms with E-state index in [1.165, 1.54) is 0 Å². The van der Waals surface area contributed by atoms with Gasteiger partial charge in [0, 0.05) is 56.1 Å². The first-order valence-corrected chi connectivity index (χ1v) is 9.80. The average molecular weight is 400 g/mol. The smallest absolute Gasteiger partial charge is 0.253 e. The van der Waals surface area contributed by atoms with Gasteiger partial charge in [0.05, 0.1) is 17.3 Å². The molecule has 1 aromatic carbocycles. The minimum Gasteiger partial charge on any atom is -0.363 e. The van der Waals surface area contributed by atoms with Crippen LogP contribution in [0.15, 0.2) is 61.1 Å². The summed E-state index contributed by atoms with van der Waals surface area (Å²) in [6.45, 7) is 1.86. The lowest BCUT2D eigenvalue weighted by molar-refractivity contribution is 0.0935. The van der Waals surface area contributed by atoms with Crippen LogP contribution in [-0.4, -0.2) is 39.9 Å². The van der Waals surface area contributed by atoms with Gasteiger partial charge in [-0.2, -0.15) is 0 Å². The standard InChI is InChI=1S/C23H24N6O/c1-15-26-21(12-22(27-15)29(2)3)20(28-23(30)16-7-6-10-24-13-16)11-17-14-25-19-9-5-4-8-18(17)19/h4-10,12-14,20,25H,11H2,1-3H3,(H,28,30). The molecule has 4 aromatic rings. The van der Waals surface area contributed by atoms with Crippen LogP contribution in [0.2, 0.25) is 0 Å². The normalized spacial score (nSPS) is 12.0. The lowest BCUT2D eigenvalue weighted by atomic mass is 10.0. The summed E-state index contributed by atoms with van der Waals surface area (Å²) in [6.07, 6.45) is 5.81. The number of amides is 1. The molecular formula is C23H24N6O. The van der Waals surface area contributed by atoms with Gasteiger partial charge in [-0.25, -0.2) is 9.97 Å². The molecule has 4 rings (SSSR count). The van der Waals surface area contributed by atoms with Crippen molar-refractivity contribution in [2.24, 2.45) is 0 Å². The Balaban J connectivity index is 1.72. The van der Waals surface area contributed by atoms with Crippen LogP contribution in [0.5, 0.6) is 0 Å². The van der Waals surface area contributed by atoms with Crippen molar-refractivity contribution in [3.05, 3.63) is 83.7 Å². The maximum Gasteiger partial charge on any atom is 0.253 e. The third-order valence-corrected chi connectivity index (χ3v) is 4.99. The molecule has 7 heteroatoms. The zero-order valence-electron chi connectivity index (χ0n) is 17.3. The number of para-hydroxylation sites is 1. The fourth-order valence-corrected chi connectivity index (χ4v) is 3.47. The second kappa shape index (κ2) is 8.32. The Morgan fingerprint density at radius 3 is 2.77 bits per heavy atom. The maximum atomic E-state index is 12.9. The van der Waals surface area contributed by atoms with Gasteiger partial charge in [0.15, 0.2) is 0 Å². The Hall–Kier alpha value is -3.74. The van der Waals surface area contributed by atoms with Crippen LogP contribution in [0.1, 0.15) is 33.5 Å². The molecule has 0 aliphatic carbocycles. The highest BCUT2D eigenvalue weighted by Gasteiger charge is 2.21. The minimum atomic E-state index is -0.322. The number of benzene rings is 1. The van der Waals surface area contributed by atoms with E-state index in [0.717, 1.165) is 28.0 Å². The van der Waals surface area contributed by atoms with E-state index in [4.69, 9.17) is 0 Å². The summed E-state index contributed by atoms with van der Waals surface area (Å²) >= 11 is 0. The molecule has 1 unspecified atom stereocenters. The topological polar surface area (TPSA) is 86.8 Å². The number of aryl methyl sites for hydroxylation is 1. The van der Waals surface area contributed by atoms with E-state index in [2.05, 4.69) is 31.3 Å². The molecule has 0 radical (unpaired) electrons. The van der Waals surface area contributed by atoms with Crippen LogP contribution >= 0.6 is 0 Å². The fourth-order valence-electron chi connectivity index (χ4n) is 3.47. The number of carbonyl (C=O) groups is 1. The molecule has 0 aliphatic rings. The Kier molecular flexibility index (Phi) is 5.43. The third kappa shape index (κ3) is 4.15. The van der Waals surface area contributed by atoms with Gasteiger partial charge in [-0.15, -0.1) is 0 Å². The molecule has 1 atom stereocenters. The lowest BCUT2D eigenvalue weighted by Gasteiger charge is -2.21. The summed E-state index contributed by atoms with van der Waals surface area (Å²) < 4.78 is 0. The van der Waals surface area contributed by atoms with Crippen molar-refractivity contribution >= 4 is 22.6 Å². The first kappa shape index (κ1) is 19.6. The highest BCUT2D eigenvalue weighted by atomic mass is 16.1. The van der Waals surface area contributed by atoms with Crippen molar-refractivity contribution in [3.63, 3.8) is 0 Å². The van der Waals surface area contributed by atoms with Crippen molar-refractivity contribution < 1.29 is 4.79 Å².